The second kappa shape index (κ2) is 6.32. The number of methoxy groups -OCH3 is 1. The molecule has 0 aliphatic rings. The van der Waals surface area contributed by atoms with E-state index in [0.29, 0.717) is 22.1 Å². The summed E-state index contributed by atoms with van der Waals surface area (Å²) in [6.07, 6.45) is 0.0984. The van der Waals surface area contributed by atoms with Crippen LogP contribution in [0.5, 0.6) is 11.5 Å². The Balaban J connectivity index is 2.86. The van der Waals surface area contributed by atoms with Crippen molar-refractivity contribution in [3.8, 4) is 11.5 Å². The number of hydrogen-bond donors (Lipinski definition) is 2. The second-order valence-electron chi connectivity index (χ2n) is 3.33. The molecule has 17 heavy (non-hydrogen) atoms. The minimum atomic E-state index is -0.452. The number of hydrogen-bond acceptors (Lipinski definition) is 4. The van der Waals surface area contributed by atoms with Crippen molar-refractivity contribution in [2.24, 2.45) is 5.73 Å². The van der Waals surface area contributed by atoms with E-state index in [0.717, 1.165) is 0 Å². The third-order valence-corrected chi connectivity index (χ3v) is 2.35. The third kappa shape index (κ3) is 3.80. The highest BCUT2D eigenvalue weighted by Gasteiger charge is 2.12. The Morgan fingerprint density at radius 1 is 1.53 bits per heavy atom. The van der Waals surface area contributed by atoms with E-state index in [-0.39, 0.29) is 19.6 Å². The van der Waals surface area contributed by atoms with Crippen LogP contribution in [0, 0.1) is 0 Å². The molecule has 1 rings (SSSR count). The monoisotopic (exact) mass is 259 g/mol. The van der Waals surface area contributed by atoms with E-state index in [9.17, 15) is 4.79 Å². The number of amides is 1. The fraction of sp³-hybridized carbons (Fsp3) is 0.364. The molecule has 0 saturated heterocycles. The van der Waals surface area contributed by atoms with Crippen molar-refractivity contribution in [3.05, 3.63) is 22.7 Å². The van der Waals surface area contributed by atoms with Crippen molar-refractivity contribution in [1.82, 2.24) is 0 Å². The molecule has 1 aromatic rings. The maximum absolute atomic E-state index is 10.6. The summed E-state index contributed by atoms with van der Waals surface area (Å²) < 4.78 is 10.4. The van der Waals surface area contributed by atoms with E-state index in [1.165, 1.54) is 7.11 Å². The Labute approximate surface area is 104 Å². The van der Waals surface area contributed by atoms with E-state index in [4.69, 9.17) is 31.9 Å². The summed E-state index contributed by atoms with van der Waals surface area (Å²) in [5.41, 5.74) is 5.61. The predicted molar refractivity (Wildman–Crippen MR) is 63.2 cm³/mol. The quantitative estimate of drug-likeness (QED) is 0.801. The molecule has 94 valence electrons. The van der Waals surface area contributed by atoms with Crippen molar-refractivity contribution in [3.63, 3.8) is 0 Å². The van der Waals surface area contributed by atoms with E-state index >= 15 is 0 Å². The number of carbonyl (C=O) groups excluding carboxylic acids is 1. The van der Waals surface area contributed by atoms with Crippen LogP contribution in [-0.2, 0) is 11.4 Å². The maximum Gasteiger partial charge on any atom is 0.220 e. The third-order valence-electron chi connectivity index (χ3n) is 2.07. The molecule has 1 amide bonds. The van der Waals surface area contributed by atoms with Crippen molar-refractivity contribution in [2.75, 3.05) is 13.7 Å². The largest absolute Gasteiger partial charge is 0.493 e. The van der Waals surface area contributed by atoms with Crippen LogP contribution in [0.3, 0.4) is 0 Å². The molecule has 1 aromatic carbocycles. The highest BCUT2D eigenvalue weighted by atomic mass is 35.5. The number of rotatable bonds is 6. The molecule has 3 N–H and O–H groups in total. The number of carbonyl (C=O) groups is 1. The highest BCUT2D eigenvalue weighted by molar-refractivity contribution is 6.32. The van der Waals surface area contributed by atoms with Gasteiger partial charge in [-0.15, -0.1) is 0 Å². The van der Waals surface area contributed by atoms with Gasteiger partial charge in [0.05, 0.1) is 31.8 Å². The first-order valence-electron chi connectivity index (χ1n) is 4.96. The summed E-state index contributed by atoms with van der Waals surface area (Å²) in [6, 6.07) is 3.19. The van der Waals surface area contributed by atoms with Crippen LogP contribution in [0.2, 0.25) is 5.02 Å². The van der Waals surface area contributed by atoms with Gasteiger partial charge in [-0.2, -0.15) is 0 Å². The summed E-state index contributed by atoms with van der Waals surface area (Å²) in [5.74, 6) is 0.297. The lowest BCUT2D eigenvalue weighted by Gasteiger charge is -2.13. The zero-order valence-corrected chi connectivity index (χ0v) is 10.2. The molecule has 0 aliphatic carbocycles. The molecule has 0 bridgehead atoms. The normalized spacial score (nSPS) is 10.1. The zero-order chi connectivity index (χ0) is 12.8. The minimum Gasteiger partial charge on any atom is -0.493 e. The summed E-state index contributed by atoms with van der Waals surface area (Å²) >= 11 is 5.98. The van der Waals surface area contributed by atoms with Crippen molar-refractivity contribution >= 4 is 17.5 Å². The van der Waals surface area contributed by atoms with Gasteiger partial charge in [0.1, 0.15) is 0 Å². The molecule has 0 heterocycles. The number of halogens is 1. The summed E-state index contributed by atoms with van der Waals surface area (Å²) in [6.45, 7) is -0.0124. The Morgan fingerprint density at radius 2 is 2.24 bits per heavy atom. The number of nitrogens with two attached hydrogens (primary N) is 1. The number of benzene rings is 1. The number of aliphatic hydroxyl groups excluding tert-OH is 1. The Morgan fingerprint density at radius 3 is 2.76 bits per heavy atom. The van der Waals surface area contributed by atoms with Crippen molar-refractivity contribution in [1.29, 1.82) is 0 Å². The van der Waals surface area contributed by atoms with Crippen LogP contribution in [0.1, 0.15) is 12.0 Å². The highest BCUT2D eigenvalue weighted by Crippen LogP contribution is 2.36. The van der Waals surface area contributed by atoms with E-state index < -0.39 is 5.91 Å². The number of aliphatic hydroxyl groups is 1. The number of ether oxygens (including phenoxy) is 2. The molecule has 0 unspecified atom stereocenters. The number of primary amides is 1. The van der Waals surface area contributed by atoms with Gasteiger partial charge in [0.15, 0.2) is 11.5 Å². The lowest BCUT2D eigenvalue weighted by molar-refractivity contribution is -0.118. The molecular formula is C11H14ClNO4. The lowest BCUT2D eigenvalue weighted by atomic mass is 10.2. The molecule has 0 atom stereocenters. The molecule has 6 heteroatoms. The van der Waals surface area contributed by atoms with Crippen LogP contribution in [0.15, 0.2) is 12.1 Å². The van der Waals surface area contributed by atoms with Gasteiger partial charge in [-0.05, 0) is 17.7 Å². The molecular weight excluding hydrogens is 246 g/mol. The summed E-state index contributed by atoms with van der Waals surface area (Å²) in [4.78, 5) is 10.6. The van der Waals surface area contributed by atoms with E-state index in [1.807, 2.05) is 0 Å². The van der Waals surface area contributed by atoms with E-state index in [2.05, 4.69) is 0 Å². The second-order valence-corrected chi connectivity index (χ2v) is 3.74. The Bertz CT molecular complexity index is 409. The van der Waals surface area contributed by atoms with Crippen molar-refractivity contribution < 1.29 is 19.4 Å². The lowest BCUT2D eigenvalue weighted by Crippen LogP contribution is -2.14. The molecule has 0 spiro atoms. The van der Waals surface area contributed by atoms with Gasteiger partial charge in [-0.1, -0.05) is 11.6 Å². The van der Waals surface area contributed by atoms with Crippen molar-refractivity contribution in [2.45, 2.75) is 13.0 Å². The van der Waals surface area contributed by atoms with E-state index in [1.54, 1.807) is 12.1 Å². The fourth-order valence-electron chi connectivity index (χ4n) is 1.26. The smallest absolute Gasteiger partial charge is 0.220 e. The standard InChI is InChI=1S/C11H14ClNO4/c1-16-9-5-7(6-14)4-8(12)11(9)17-3-2-10(13)15/h4-5,14H,2-3,6H2,1H3,(H2,13,15). The average Bonchev–Trinajstić information content (AvgIpc) is 2.30. The SMILES string of the molecule is COc1cc(CO)cc(Cl)c1OCCC(N)=O. The molecule has 0 radical (unpaired) electrons. The first-order valence-corrected chi connectivity index (χ1v) is 5.34. The topological polar surface area (TPSA) is 81.8 Å². The van der Waals surface area contributed by atoms with Gasteiger partial charge in [-0.25, -0.2) is 0 Å². The zero-order valence-electron chi connectivity index (χ0n) is 9.40. The molecule has 0 fully saturated rings. The van der Waals surface area contributed by atoms with Gasteiger partial charge in [0, 0.05) is 0 Å². The summed E-state index contributed by atoms with van der Waals surface area (Å²) in [7, 11) is 1.47. The van der Waals surface area contributed by atoms with Crippen LogP contribution >= 0.6 is 11.6 Å². The summed E-state index contributed by atoms with van der Waals surface area (Å²) in [5, 5.41) is 9.32. The molecule has 0 saturated carbocycles. The van der Waals surface area contributed by atoms with Crippen LogP contribution < -0.4 is 15.2 Å². The van der Waals surface area contributed by atoms with Gasteiger partial charge in [0.2, 0.25) is 5.91 Å². The van der Waals surface area contributed by atoms with Crippen LogP contribution in [-0.4, -0.2) is 24.7 Å². The first kappa shape index (κ1) is 13.6. The van der Waals surface area contributed by atoms with Crippen LogP contribution in [0.25, 0.3) is 0 Å². The maximum atomic E-state index is 10.6. The fourth-order valence-corrected chi connectivity index (χ4v) is 1.55. The minimum absolute atomic E-state index is 0.0984. The Kier molecular flexibility index (Phi) is 5.06. The predicted octanol–water partition coefficient (Wildman–Crippen LogP) is 1.10. The molecule has 5 nitrogen and oxygen atoms in total. The molecule has 0 aromatic heterocycles. The first-order chi connectivity index (χ1) is 8.08. The average molecular weight is 260 g/mol. The van der Waals surface area contributed by atoms with Gasteiger partial charge >= 0.3 is 0 Å². The van der Waals surface area contributed by atoms with Gasteiger partial charge < -0.3 is 20.3 Å². The van der Waals surface area contributed by atoms with Crippen LogP contribution in [0.4, 0.5) is 0 Å². The Hall–Kier alpha value is -1.46. The van der Waals surface area contributed by atoms with Gasteiger partial charge in [0.25, 0.3) is 0 Å². The molecule has 0 aliphatic heterocycles. The van der Waals surface area contributed by atoms with Gasteiger partial charge in [-0.3, -0.25) is 4.79 Å².